The minimum Gasteiger partial charge on any atom is -0.392 e. The molecule has 3 aromatic carbocycles. The first kappa shape index (κ1) is 27.6. The molecule has 196 valence electrons. The van der Waals surface area contributed by atoms with Crippen molar-refractivity contribution in [1.82, 2.24) is 9.80 Å². The van der Waals surface area contributed by atoms with Gasteiger partial charge in [0, 0.05) is 28.8 Å². The number of anilines is 1. The lowest BCUT2D eigenvalue weighted by molar-refractivity contribution is -0.137. The van der Waals surface area contributed by atoms with Crippen LogP contribution in [0.25, 0.3) is 11.1 Å². The van der Waals surface area contributed by atoms with Crippen molar-refractivity contribution in [2.24, 2.45) is 0 Å². The molecule has 0 unspecified atom stereocenters. The Kier molecular flexibility index (Phi) is 9.03. The molecule has 3 aromatic rings. The largest absolute Gasteiger partial charge is 0.392 e. The number of nitrogens with one attached hydrogen (secondary N) is 1. The van der Waals surface area contributed by atoms with Crippen molar-refractivity contribution >= 4 is 40.7 Å². The number of hydrogen-bond donors (Lipinski definition) is 2. The number of β-amino-alcohol motifs (C(OH)–C–C–N with tert-alkyl or cyclic N) is 1. The Morgan fingerprint density at radius 2 is 1.82 bits per heavy atom. The molecule has 2 amide bonds. The van der Waals surface area contributed by atoms with Crippen molar-refractivity contribution in [2.45, 2.75) is 25.5 Å². The summed E-state index contributed by atoms with van der Waals surface area (Å²) in [6, 6.07) is 21.6. The van der Waals surface area contributed by atoms with Gasteiger partial charge in [-0.3, -0.25) is 14.5 Å². The van der Waals surface area contributed by atoms with E-state index in [1.54, 1.807) is 24.3 Å². The second kappa shape index (κ2) is 12.4. The molecule has 0 radical (unpaired) electrons. The van der Waals surface area contributed by atoms with Crippen LogP contribution in [0.2, 0.25) is 10.0 Å². The summed E-state index contributed by atoms with van der Waals surface area (Å²) in [5, 5.41) is 22.6. The van der Waals surface area contributed by atoms with Gasteiger partial charge < -0.3 is 15.3 Å². The Bertz CT molecular complexity index is 1340. The molecule has 0 aromatic heterocycles. The second-order valence-electron chi connectivity index (χ2n) is 9.40. The molecule has 1 fully saturated rings. The number of benzene rings is 3. The number of amides is 2. The highest BCUT2D eigenvalue weighted by atomic mass is 35.5. The normalized spacial score (nSPS) is 16.0. The Balaban J connectivity index is 1.53. The summed E-state index contributed by atoms with van der Waals surface area (Å²) in [5.74, 6) is -0.591. The molecule has 1 aliphatic rings. The van der Waals surface area contributed by atoms with Gasteiger partial charge in [0.15, 0.2) is 0 Å². The highest BCUT2D eigenvalue weighted by Crippen LogP contribution is 2.27. The number of aliphatic hydroxyl groups is 1. The van der Waals surface area contributed by atoms with E-state index in [-0.39, 0.29) is 24.9 Å². The number of aliphatic hydroxyl groups excluding tert-OH is 1. The van der Waals surface area contributed by atoms with Crippen LogP contribution in [0.4, 0.5) is 5.69 Å². The van der Waals surface area contributed by atoms with Crippen molar-refractivity contribution in [3.8, 4) is 17.2 Å². The standard InChI is InChI=1S/C29H28Cl2N4O3/c1-19(21-5-7-22(8-6-21)23-4-2-3-20(11-23)15-32)35(29(38)18-34-10-9-27(36)16-34)17-28(37)33-26-13-24(30)12-25(31)14-26/h2-8,11-14,19,27,36H,9-10,16-18H2,1H3,(H,33,37)/t19-,27+/m1/s1. The van der Waals surface area contributed by atoms with E-state index in [2.05, 4.69) is 11.4 Å². The number of nitriles is 1. The van der Waals surface area contributed by atoms with Crippen LogP contribution in [-0.4, -0.2) is 59.0 Å². The zero-order valence-corrected chi connectivity index (χ0v) is 22.4. The summed E-state index contributed by atoms with van der Waals surface area (Å²) in [6.07, 6.45) is 0.171. The van der Waals surface area contributed by atoms with Crippen LogP contribution < -0.4 is 5.32 Å². The van der Waals surface area contributed by atoms with Gasteiger partial charge in [0.05, 0.1) is 30.3 Å². The Hall–Kier alpha value is -3.41. The van der Waals surface area contributed by atoms with Gasteiger partial charge in [0.25, 0.3) is 0 Å². The number of nitrogens with zero attached hydrogens (tertiary/aromatic N) is 3. The predicted molar refractivity (Wildman–Crippen MR) is 149 cm³/mol. The molecule has 1 heterocycles. The van der Waals surface area contributed by atoms with E-state index in [0.717, 1.165) is 16.7 Å². The van der Waals surface area contributed by atoms with Crippen molar-refractivity contribution in [3.05, 3.63) is 87.9 Å². The summed E-state index contributed by atoms with van der Waals surface area (Å²) in [7, 11) is 0. The van der Waals surface area contributed by atoms with Gasteiger partial charge in [-0.15, -0.1) is 0 Å². The molecule has 4 rings (SSSR count). The number of carbonyl (C=O) groups is 2. The maximum Gasteiger partial charge on any atom is 0.244 e. The SMILES string of the molecule is C[C@H](c1ccc(-c2cccc(C#N)c2)cc1)N(CC(=O)Nc1cc(Cl)cc(Cl)c1)C(=O)CN1CC[C@H](O)C1. The molecule has 0 aliphatic carbocycles. The quantitative estimate of drug-likeness (QED) is 0.405. The molecule has 0 bridgehead atoms. The van der Waals surface area contributed by atoms with Gasteiger partial charge in [-0.2, -0.15) is 5.26 Å². The van der Waals surface area contributed by atoms with Crippen molar-refractivity contribution in [3.63, 3.8) is 0 Å². The van der Waals surface area contributed by atoms with Crippen LogP contribution >= 0.6 is 23.2 Å². The van der Waals surface area contributed by atoms with Crippen molar-refractivity contribution < 1.29 is 14.7 Å². The molecule has 9 heteroatoms. The molecule has 38 heavy (non-hydrogen) atoms. The molecule has 2 atom stereocenters. The number of halogens is 2. The van der Waals surface area contributed by atoms with E-state index in [9.17, 15) is 20.0 Å². The maximum atomic E-state index is 13.4. The van der Waals surface area contributed by atoms with E-state index < -0.39 is 12.1 Å². The van der Waals surface area contributed by atoms with Crippen LogP contribution in [0.3, 0.4) is 0 Å². The molecule has 0 saturated carbocycles. The zero-order chi connectivity index (χ0) is 27.2. The average Bonchev–Trinajstić information content (AvgIpc) is 3.30. The van der Waals surface area contributed by atoms with Crippen LogP contribution in [0.15, 0.2) is 66.7 Å². The van der Waals surface area contributed by atoms with Gasteiger partial charge in [-0.25, -0.2) is 0 Å². The third-order valence-corrected chi connectivity index (χ3v) is 7.01. The summed E-state index contributed by atoms with van der Waals surface area (Å²) >= 11 is 12.1. The molecule has 0 spiro atoms. The van der Waals surface area contributed by atoms with E-state index in [1.807, 2.05) is 54.3 Å². The monoisotopic (exact) mass is 550 g/mol. The maximum absolute atomic E-state index is 13.4. The Morgan fingerprint density at radius 1 is 1.11 bits per heavy atom. The number of hydrogen-bond acceptors (Lipinski definition) is 5. The summed E-state index contributed by atoms with van der Waals surface area (Å²) < 4.78 is 0. The van der Waals surface area contributed by atoms with Crippen LogP contribution in [-0.2, 0) is 9.59 Å². The van der Waals surface area contributed by atoms with E-state index in [4.69, 9.17) is 23.2 Å². The third kappa shape index (κ3) is 7.12. The van der Waals surface area contributed by atoms with Gasteiger partial charge in [-0.05, 0) is 60.4 Å². The number of carbonyl (C=O) groups excluding carboxylic acids is 2. The average molecular weight is 551 g/mol. The Morgan fingerprint density at radius 3 is 2.45 bits per heavy atom. The van der Waals surface area contributed by atoms with Crippen molar-refractivity contribution in [1.29, 1.82) is 5.26 Å². The minimum absolute atomic E-state index is 0.108. The Labute approximate surface area is 232 Å². The summed E-state index contributed by atoms with van der Waals surface area (Å²) in [4.78, 5) is 29.9. The first-order chi connectivity index (χ1) is 18.2. The summed E-state index contributed by atoms with van der Waals surface area (Å²) in [5.41, 5.74) is 3.74. The van der Waals surface area contributed by atoms with Crippen LogP contribution in [0, 0.1) is 11.3 Å². The lowest BCUT2D eigenvalue weighted by Crippen LogP contribution is -2.44. The fourth-order valence-electron chi connectivity index (χ4n) is 4.56. The lowest BCUT2D eigenvalue weighted by atomic mass is 9.99. The zero-order valence-electron chi connectivity index (χ0n) is 20.9. The van der Waals surface area contributed by atoms with Gasteiger partial charge >= 0.3 is 0 Å². The fraction of sp³-hybridized carbons (Fsp3) is 0.276. The lowest BCUT2D eigenvalue weighted by Gasteiger charge is -2.31. The van der Waals surface area contributed by atoms with Gasteiger partial charge in [0.1, 0.15) is 6.54 Å². The van der Waals surface area contributed by atoms with Crippen molar-refractivity contribution in [2.75, 3.05) is 31.5 Å². The highest BCUT2D eigenvalue weighted by molar-refractivity contribution is 6.35. The minimum atomic E-state index is -0.448. The highest BCUT2D eigenvalue weighted by Gasteiger charge is 2.28. The van der Waals surface area contributed by atoms with Crippen LogP contribution in [0.5, 0.6) is 0 Å². The molecule has 7 nitrogen and oxygen atoms in total. The number of rotatable bonds is 8. The van der Waals surface area contributed by atoms with E-state index >= 15 is 0 Å². The van der Waals surface area contributed by atoms with E-state index in [1.165, 1.54) is 4.90 Å². The van der Waals surface area contributed by atoms with Gasteiger partial charge in [-0.1, -0.05) is 59.6 Å². The van der Waals surface area contributed by atoms with Crippen LogP contribution in [0.1, 0.15) is 30.5 Å². The predicted octanol–water partition coefficient (Wildman–Crippen LogP) is 5.13. The topological polar surface area (TPSA) is 96.7 Å². The molecule has 1 aliphatic heterocycles. The number of likely N-dealkylation sites (tertiary alicyclic amines) is 1. The molecule has 2 N–H and O–H groups in total. The molecular formula is C29H28Cl2N4O3. The first-order valence-corrected chi connectivity index (χ1v) is 13.0. The second-order valence-corrected chi connectivity index (χ2v) is 10.3. The smallest absolute Gasteiger partial charge is 0.244 e. The fourth-order valence-corrected chi connectivity index (χ4v) is 5.09. The first-order valence-electron chi connectivity index (χ1n) is 12.3. The molecular weight excluding hydrogens is 523 g/mol. The van der Waals surface area contributed by atoms with E-state index in [0.29, 0.717) is 40.8 Å². The molecule has 1 saturated heterocycles. The summed E-state index contributed by atoms with van der Waals surface area (Å²) in [6.45, 7) is 2.87. The third-order valence-electron chi connectivity index (χ3n) is 6.57. The van der Waals surface area contributed by atoms with Gasteiger partial charge in [0.2, 0.25) is 11.8 Å².